The van der Waals surface area contributed by atoms with Crippen molar-refractivity contribution in [3.8, 4) is 0 Å². The number of unbranched alkanes of at least 4 members (excludes halogenated alkanes) is 1. The summed E-state index contributed by atoms with van der Waals surface area (Å²) in [7, 11) is 1.88. The molecule has 96 valence electrons. The SMILES string of the molecule is CCCCC(N)C(=O)NCCc1cnn(C)c1. The maximum absolute atomic E-state index is 11.6. The number of aryl methyl sites for hydroxylation is 1. The molecule has 0 aliphatic heterocycles. The number of hydrogen-bond donors (Lipinski definition) is 2. The zero-order chi connectivity index (χ0) is 12.7. The van der Waals surface area contributed by atoms with Crippen molar-refractivity contribution in [2.24, 2.45) is 12.8 Å². The summed E-state index contributed by atoms with van der Waals surface area (Å²) in [6.07, 6.45) is 7.37. The second-order valence-electron chi connectivity index (χ2n) is 4.31. The number of nitrogens with one attached hydrogen (secondary N) is 1. The largest absolute Gasteiger partial charge is 0.354 e. The fourth-order valence-corrected chi connectivity index (χ4v) is 1.62. The van der Waals surface area contributed by atoms with Crippen molar-refractivity contribution in [2.45, 2.75) is 38.6 Å². The van der Waals surface area contributed by atoms with E-state index in [4.69, 9.17) is 5.73 Å². The minimum absolute atomic E-state index is 0.0534. The van der Waals surface area contributed by atoms with E-state index < -0.39 is 0 Å². The van der Waals surface area contributed by atoms with E-state index in [1.807, 2.05) is 19.4 Å². The van der Waals surface area contributed by atoms with E-state index >= 15 is 0 Å². The third-order valence-electron chi connectivity index (χ3n) is 2.68. The molecule has 1 unspecified atom stereocenters. The van der Waals surface area contributed by atoms with E-state index in [-0.39, 0.29) is 11.9 Å². The van der Waals surface area contributed by atoms with Crippen LogP contribution in [0.2, 0.25) is 0 Å². The van der Waals surface area contributed by atoms with Crippen LogP contribution in [0.1, 0.15) is 31.7 Å². The number of nitrogens with two attached hydrogens (primary N) is 1. The number of rotatable bonds is 7. The molecule has 0 aliphatic carbocycles. The van der Waals surface area contributed by atoms with E-state index in [9.17, 15) is 4.79 Å². The molecule has 0 fully saturated rings. The number of hydrogen-bond acceptors (Lipinski definition) is 3. The van der Waals surface area contributed by atoms with Crippen LogP contribution < -0.4 is 11.1 Å². The summed E-state index contributed by atoms with van der Waals surface area (Å²) in [5, 5.41) is 6.92. The minimum Gasteiger partial charge on any atom is -0.354 e. The number of carbonyl (C=O) groups excluding carboxylic acids is 1. The van der Waals surface area contributed by atoms with Crippen LogP contribution in [0.4, 0.5) is 0 Å². The molecule has 17 heavy (non-hydrogen) atoms. The molecule has 1 aromatic heterocycles. The van der Waals surface area contributed by atoms with Gasteiger partial charge in [0, 0.05) is 19.8 Å². The van der Waals surface area contributed by atoms with Gasteiger partial charge in [-0.25, -0.2) is 0 Å². The van der Waals surface area contributed by atoms with Gasteiger partial charge in [-0.05, 0) is 18.4 Å². The highest BCUT2D eigenvalue weighted by atomic mass is 16.2. The molecule has 0 bridgehead atoms. The van der Waals surface area contributed by atoms with Crippen LogP contribution in [0.15, 0.2) is 12.4 Å². The number of amides is 1. The normalized spacial score (nSPS) is 12.4. The van der Waals surface area contributed by atoms with Gasteiger partial charge >= 0.3 is 0 Å². The molecule has 0 aliphatic rings. The lowest BCUT2D eigenvalue weighted by atomic mass is 10.1. The second-order valence-corrected chi connectivity index (χ2v) is 4.31. The first-order valence-electron chi connectivity index (χ1n) is 6.14. The summed E-state index contributed by atoms with van der Waals surface area (Å²) < 4.78 is 1.75. The Balaban J connectivity index is 2.19. The molecule has 0 saturated carbocycles. The zero-order valence-electron chi connectivity index (χ0n) is 10.6. The average molecular weight is 238 g/mol. The van der Waals surface area contributed by atoms with Crippen molar-refractivity contribution in [3.05, 3.63) is 18.0 Å². The summed E-state index contributed by atoms with van der Waals surface area (Å²) in [5.41, 5.74) is 6.88. The third kappa shape index (κ3) is 4.99. The second kappa shape index (κ2) is 7.06. The van der Waals surface area contributed by atoms with Gasteiger partial charge in [0.1, 0.15) is 0 Å². The topological polar surface area (TPSA) is 72.9 Å². The summed E-state index contributed by atoms with van der Waals surface area (Å²) >= 11 is 0. The Morgan fingerprint density at radius 3 is 3.00 bits per heavy atom. The number of nitrogens with zero attached hydrogens (tertiary/aromatic N) is 2. The van der Waals surface area contributed by atoms with E-state index in [2.05, 4.69) is 17.3 Å². The van der Waals surface area contributed by atoms with Gasteiger partial charge < -0.3 is 11.1 Å². The van der Waals surface area contributed by atoms with Crippen LogP contribution in [0.5, 0.6) is 0 Å². The Morgan fingerprint density at radius 2 is 2.41 bits per heavy atom. The lowest BCUT2D eigenvalue weighted by molar-refractivity contribution is -0.122. The molecular formula is C12H22N4O. The van der Waals surface area contributed by atoms with Crippen LogP contribution in [0.3, 0.4) is 0 Å². The summed E-state index contributed by atoms with van der Waals surface area (Å²) in [6.45, 7) is 2.71. The molecule has 0 saturated heterocycles. The first kappa shape index (κ1) is 13.7. The molecule has 3 N–H and O–H groups in total. The van der Waals surface area contributed by atoms with Crippen LogP contribution in [0.25, 0.3) is 0 Å². The van der Waals surface area contributed by atoms with Crippen LogP contribution in [0, 0.1) is 0 Å². The third-order valence-corrected chi connectivity index (χ3v) is 2.68. The molecule has 0 spiro atoms. The number of aromatic nitrogens is 2. The molecule has 0 aromatic carbocycles. The van der Waals surface area contributed by atoms with Crippen molar-refractivity contribution in [1.29, 1.82) is 0 Å². The summed E-state index contributed by atoms with van der Waals surface area (Å²) in [5.74, 6) is -0.0534. The van der Waals surface area contributed by atoms with Crippen molar-refractivity contribution in [1.82, 2.24) is 15.1 Å². The average Bonchev–Trinajstić information content (AvgIpc) is 2.71. The van der Waals surface area contributed by atoms with Crippen LogP contribution >= 0.6 is 0 Å². The van der Waals surface area contributed by atoms with E-state index in [0.29, 0.717) is 6.54 Å². The van der Waals surface area contributed by atoms with Gasteiger partial charge in [0.15, 0.2) is 0 Å². The number of carbonyl (C=O) groups is 1. The fourth-order valence-electron chi connectivity index (χ4n) is 1.62. The van der Waals surface area contributed by atoms with Gasteiger partial charge in [0.05, 0.1) is 12.2 Å². The van der Waals surface area contributed by atoms with Crippen molar-refractivity contribution in [2.75, 3.05) is 6.54 Å². The molecule has 5 heteroatoms. The molecular weight excluding hydrogens is 216 g/mol. The Kier molecular flexibility index (Phi) is 5.69. The minimum atomic E-state index is -0.371. The zero-order valence-corrected chi connectivity index (χ0v) is 10.6. The Morgan fingerprint density at radius 1 is 1.65 bits per heavy atom. The first-order chi connectivity index (χ1) is 8.13. The lowest BCUT2D eigenvalue weighted by Gasteiger charge is -2.11. The molecule has 1 heterocycles. The predicted molar refractivity (Wildman–Crippen MR) is 67.4 cm³/mol. The van der Waals surface area contributed by atoms with Gasteiger partial charge in [-0.1, -0.05) is 19.8 Å². The van der Waals surface area contributed by atoms with Gasteiger partial charge in [0.2, 0.25) is 5.91 Å². The fraction of sp³-hybridized carbons (Fsp3) is 0.667. The van der Waals surface area contributed by atoms with Crippen molar-refractivity contribution < 1.29 is 4.79 Å². The highest BCUT2D eigenvalue weighted by Gasteiger charge is 2.11. The van der Waals surface area contributed by atoms with Crippen LogP contribution in [-0.4, -0.2) is 28.3 Å². The maximum Gasteiger partial charge on any atom is 0.236 e. The van der Waals surface area contributed by atoms with E-state index in [0.717, 1.165) is 31.2 Å². The summed E-state index contributed by atoms with van der Waals surface area (Å²) in [4.78, 5) is 11.6. The lowest BCUT2D eigenvalue weighted by Crippen LogP contribution is -2.41. The molecule has 1 aromatic rings. The van der Waals surface area contributed by atoms with Crippen molar-refractivity contribution in [3.63, 3.8) is 0 Å². The van der Waals surface area contributed by atoms with Gasteiger partial charge in [-0.3, -0.25) is 9.48 Å². The van der Waals surface area contributed by atoms with Gasteiger partial charge in [-0.2, -0.15) is 5.10 Å². The summed E-state index contributed by atoms with van der Waals surface area (Å²) in [6, 6.07) is -0.371. The monoisotopic (exact) mass is 238 g/mol. The Labute approximate surface area is 102 Å². The standard InChI is InChI=1S/C12H22N4O/c1-3-4-5-11(13)12(17)14-7-6-10-8-15-16(2)9-10/h8-9,11H,3-7,13H2,1-2H3,(H,14,17). The molecule has 1 amide bonds. The van der Waals surface area contributed by atoms with E-state index in [1.54, 1.807) is 4.68 Å². The van der Waals surface area contributed by atoms with Crippen LogP contribution in [-0.2, 0) is 18.3 Å². The Bertz CT molecular complexity index is 348. The van der Waals surface area contributed by atoms with Gasteiger partial charge in [0.25, 0.3) is 0 Å². The smallest absolute Gasteiger partial charge is 0.236 e. The highest BCUT2D eigenvalue weighted by Crippen LogP contribution is 1.99. The highest BCUT2D eigenvalue weighted by molar-refractivity contribution is 5.81. The van der Waals surface area contributed by atoms with Crippen molar-refractivity contribution >= 4 is 5.91 Å². The van der Waals surface area contributed by atoms with E-state index in [1.165, 1.54) is 0 Å². The molecule has 0 radical (unpaired) electrons. The Hall–Kier alpha value is -1.36. The predicted octanol–water partition coefficient (Wildman–Crippen LogP) is 0.596. The molecule has 1 rings (SSSR count). The molecule has 5 nitrogen and oxygen atoms in total. The van der Waals surface area contributed by atoms with Gasteiger partial charge in [-0.15, -0.1) is 0 Å². The quantitative estimate of drug-likeness (QED) is 0.730. The molecule has 1 atom stereocenters. The first-order valence-corrected chi connectivity index (χ1v) is 6.14. The maximum atomic E-state index is 11.6.